The fourth-order valence-electron chi connectivity index (χ4n) is 1.39. The number of carbonyl (C=O) groups is 1. The van der Waals surface area contributed by atoms with Gasteiger partial charge in [0.1, 0.15) is 5.82 Å². The fraction of sp³-hybridized carbons (Fsp3) is 0.400. The van der Waals surface area contributed by atoms with E-state index in [0.29, 0.717) is 0 Å². The normalized spacial score (nSPS) is 10.6. The summed E-state index contributed by atoms with van der Waals surface area (Å²) in [6.45, 7) is 0. The minimum Gasteiger partial charge on any atom is -0.469 e. The molecule has 0 unspecified atom stereocenters. The van der Waals surface area contributed by atoms with Gasteiger partial charge in [-0.25, -0.2) is 13.8 Å². The summed E-state index contributed by atoms with van der Waals surface area (Å²) in [6, 6.07) is 0. The zero-order chi connectivity index (χ0) is 13.0. The molecule has 0 saturated carbocycles. The standard InChI is InChI=1S/C10H11ClF2N2O2/c1-17-8(16)2-5-6(3-11)10(14)15-4-7(5)9(12)13/h4,9H,2-3H2,1H3,(H2,14,15). The minimum atomic E-state index is -2.75. The number of carbonyl (C=O) groups excluding carboxylic acids is 1. The lowest BCUT2D eigenvalue weighted by molar-refractivity contribution is -0.139. The summed E-state index contributed by atoms with van der Waals surface area (Å²) in [7, 11) is 1.18. The maximum atomic E-state index is 12.8. The van der Waals surface area contributed by atoms with Crippen molar-refractivity contribution < 1.29 is 18.3 Å². The highest BCUT2D eigenvalue weighted by Gasteiger charge is 2.21. The molecule has 1 rings (SSSR count). The zero-order valence-corrected chi connectivity index (χ0v) is 9.80. The van der Waals surface area contributed by atoms with E-state index in [1.807, 2.05) is 0 Å². The van der Waals surface area contributed by atoms with Crippen LogP contribution in [0, 0.1) is 0 Å². The summed E-state index contributed by atoms with van der Waals surface area (Å²) in [6.07, 6.45) is -2.09. The highest BCUT2D eigenvalue weighted by Crippen LogP contribution is 2.29. The number of pyridine rings is 1. The van der Waals surface area contributed by atoms with E-state index < -0.39 is 12.4 Å². The van der Waals surface area contributed by atoms with Crippen molar-refractivity contribution in [1.82, 2.24) is 4.98 Å². The Morgan fingerprint density at radius 2 is 2.24 bits per heavy atom. The van der Waals surface area contributed by atoms with Gasteiger partial charge in [0, 0.05) is 17.3 Å². The number of rotatable bonds is 4. The van der Waals surface area contributed by atoms with Crippen molar-refractivity contribution in [2.24, 2.45) is 0 Å². The Labute approximate surface area is 102 Å². The lowest BCUT2D eigenvalue weighted by Gasteiger charge is -2.13. The van der Waals surface area contributed by atoms with Crippen molar-refractivity contribution in [3.05, 3.63) is 22.9 Å². The van der Waals surface area contributed by atoms with E-state index in [0.717, 1.165) is 6.20 Å². The Morgan fingerprint density at radius 1 is 1.59 bits per heavy atom. The molecule has 17 heavy (non-hydrogen) atoms. The Morgan fingerprint density at radius 3 is 2.71 bits per heavy atom. The third kappa shape index (κ3) is 3.03. The number of anilines is 1. The molecule has 0 aliphatic rings. The predicted octanol–water partition coefficient (Wildman–Crippen LogP) is 2.06. The maximum absolute atomic E-state index is 12.8. The highest BCUT2D eigenvalue weighted by molar-refractivity contribution is 6.17. The molecule has 7 heteroatoms. The van der Waals surface area contributed by atoms with E-state index in [-0.39, 0.29) is 34.8 Å². The van der Waals surface area contributed by atoms with E-state index in [1.165, 1.54) is 7.11 Å². The summed E-state index contributed by atoms with van der Waals surface area (Å²) in [5.41, 5.74) is 5.52. The lowest BCUT2D eigenvalue weighted by atomic mass is 10.0. The van der Waals surface area contributed by atoms with Gasteiger partial charge in [-0.3, -0.25) is 4.79 Å². The summed E-state index contributed by atoms with van der Waals surface area (Å²) >= 11 is 5.62. The number of nitrogens with two attached hydrogens (primary N) is 1. The van der Waals surface area contributed by atoms with Gasteiger partial charge in [-0.15, -0.1) is 11.6 Å². The van der Waals surface area contributed by atoms with Crippen molar-refractivity contribution in [1.29, 1.82) is 0 Å². The van der Waals surface area contributed by atoms with Gasteiger partial charge in [0.25, 0.3) is 6.43 Å². The van der Waals surface area contributed by atoms with Gasteiger partial charge < -0.3 is 10.5 Å². The van der Waals surface area contributed by atoms with Crippen LogP contribution in [0.4, 0.5) is 14.6 Å². The molecule has 0 saturated heterocycles. The Bertz CT molecular complexity index is 427. The molecule has 0 fully saturated rings. The number of nitrogens with zero attached hydrogens (tertiary/aromatic N) is 1. The SMILES string of the molecule is COC(=O)Cc1c(C(F)F)cnc(N)c1CCl. The average Bonchev–Trinajstić information content (AvgIpc) is 2.28. The third-order valence-electron chi connectivity index (χ3n) is 2.28. The molecule has 1 aromatic rings. The second kappa shape index (κ2) is 5.77. The Kier molecular flexibility index (Phi) is 4.62. The van der Waals surface area contributed by atoms with Gasteiger partial charge in [-0.05, 0) is 5.56 Å². The van der Waals surface area contributed by atoms with Crippen LogP contribution in [0.3, 0.4) is 0 Å². The van der Waals surface area contributed by atoms with Gasteiger partial charge in [0.05, 0.1) is 19.4 Å². The number of hydrogen-bond donors (Lipinski definition) is 1. The van der Waals surface area contributed by atoms with Crippen LogP contribution in [0.25, 0.3) is 0 Å². The van der Waals surface area contributed by atoms with Crippen LogP contribution in [0.2, 0.25) is 0 Å². The molecule has 0 amide bonds. The van der Waals surface area contributed by atoms with E-state index in [4.69, 9.17) is 17.3 Å². The Hall–Kier alpha value is -1.43. The second-order valence-corrected chi connectivity index (χ2v) is 3.51. The first-order valence-electron chi connectivity index (χ1n) is 4.68. The summed E-state index contributed by atoms with van der Waals surface area (Å²) in [4.78, 5) is 14.8. The number of hydrogen-bond acceptors (Lipinski definition) is 4. The van der Waals surface area contributed by atoms with Crippen LogP contribution in [0.1, 0.15) is 23.1 Å². The van der Waals surface area contributed by atoms with Crippen molar-refractivity contribution in [3.63, 3.8) is 0 Å². The first kappa shape index (κ1) is 13.6. The molecule has 0 aliphatic heterocycles. The number of alkyl halides is 3. The second-order valence-electron chi connectivity index (χ2n) is 3.24. The van der Waals surface area contributed by atoms with Gasteiger partial charge in [0.15, 0.2) is 0 Å². The third-order valence-corrected chi connectivity index (χ3v) is 2.55. The van der Waals surface area contributed by atoms with Crippen LogP contribution in [0.15, 0.2) is 6.20 Å². The molecule has 0 bridgehead atoms. The number of esters is 1. The number of ether oxygens (including phenoxy) is 1. The van der Waals surface area contributed by atoms with E-state index in [2.05, 4.69) is 9.72 Å². The highest BCUT2D eigenvalue weighted by atomic mass is 35.5. The van der Waals surface area contributed by atoms with Gasteiger partial charge in [0.2, 0.25) is 0 Å². The van der Waals surface area contributed by atoms with Crippen LogP contribution in [-0.2, 0) is 21.8 Å². The molecule has 2 N–H and O–H groups in total. The van der Waals surface area contributed by atoms with Crippen molar-refractivity contribution in [3.8, 4) is 0 Å². The van der Waals surface area contributed by atoms with Crippen molar-refractivity contribution in [2.75, 3.05) is 12.8 Å². The van der Waals surface area contributed by atoms with Crippen LogP contribution in [0.5, 0.6) is 0 Å². The quantitative estimate of drug-likeness (QED) is 0.668. The smallest absolute Gasteiger partial charge is 0.310 e. The van der Waals surface area contributed by atoms with Gasteiger partial charge in [-0.1, -0.05) is 0 Å². The van der Waals surface area contributed by atoms with E-state index in [1.54, 1.807) is 0 Å². The van der Waals surface area contributed by atoms with Gasteiger partial charge >= 0.3 is 5.97 Å². The molecular weight excluding hydrogens is 254 g/mol. The van der Waals surface area contributed by atoms with Crippen LogP contribution < -0.4 is 5.73 Å². The molecule has 0 aromatic carbocycles. The topological polar surface area (TPSA) is 65.2 Å². The Balaban J connectivity index is 3.28. The van der Waals surface area contributed by atoms with Crippen LogP contribution in [-0.4, -0.2) is 18.1 Å². The number of aromatic nitrogens is 1. The van der Waals surface area contributed by atoms with E-state index >= 15 is 0 Å². The molecule has 0 aliphatic carbocycles. The molecule has 4 nitrogen and oxygen atoms in total. The molecule has 1 aromatic heterocycles. The first-order valence-corrected chi connectivity index (χ1v) is 5.21. The van der Waals surface area contributed by atoms with E-state index in [9.17, 15) is 13.6 Å². The number of methoxy groups -OCH3 is 1. The maximum Gasteiger partial charge on any atom is 0.310 e. The molecule has 94 valence electrons. The predicted molar refractivity (Wildman–Crippen MR) is 58.9 cm³/mol. The fourth-order valence-corrected chi connectivity index (χ4v) is 1.68. The van der Waals surface area contributed by atoms with Crippen molar-refractivity contribution >= 4 is 23.4 Å². The average molecular weight is 265 g/mol. The largest absolute Gasteiger partial charge is 0.469 e. The molecule has 0 spiro atoms. The first-order chi connectivity index (χ1) is 8.01. The monoisotopic (exact) mass is 264 g/mol. The number of nitrogen functional groups attached to an aromatic ring is 1. The summed E-state index contributed by atoms with van der Waals surface area (Å²) in [5.74, 6) is -0.682. The molecule has 1 heterocycles. The molecular formula is C10H11ClF2N2O2. The minimum absolute atomic E-state index is 0.0447. The molecule has 0 atom stereocenters. The summed E-state index contributed by atoms with van der Waals surface area (Å²) in [5, 5.41) is 0. The zero-order valence-electron chi connectivity index (χ0n) is 9.04. The summed E-state index contributed by atoms with van der Waals surface area (Å²) < 4.78 is 29.9. The molecule has 0 radical (unpaired) electrons. The number of halogens is 3. The lowest BCUT2D eigenvalue weighted by Crippen LogP contribution is -2.12. The van der Waals surface area contributed by atoms with Crippen molar-refractivity contribution in [2.45, 2.75) is 18.7 Å². The van der Waals surface area contributed by atoms with Crippen LogP contribution >= 0.6 is 11.6 Å². The van der Waals surface area contributed by atoms with Gasteiger partial charge in [-0.2, -0.15) is 0 Å².